The molecule has 0 N–H and O–H groups in total. The maximum atomic E-state index is 12.8. The minimum absolute atomic E-state index is 0.00516. The van der Waals surface area contributed by atoms with E-state index in [0.717, 1.165) is 25.3 Å². The van der Waals surface area contributed by atoms with E-state index in [9.17, 15) is 18.5 Å². The molecule has 1 aromatic carbocycles. The Hall–Kier alpha value is -1.18. The number of nitro benzene ring substituents is 1. The Bertz CT molecular complexity index is 652. The second-order valence-corrected chi connectivity index (χ2v) is 7.55. The van der Waals surface area contributed by atoms with E-state index in [4.69, 9.17) is 11.6 Å². The van der Waals surface area contributed by atoms with E-state index >= 15 is 0 Å². The predicted octanol–water partition coefficient (Wildman–Crippen LogP) is 3.20. The molecule has 2 unspecified atom stereocenters. The largest absolute Gasteiger partial charge is 0.270 e. The molecule has 0 bridgehead atoms. The molecular weight excluding hydrogens is 316 g/mol. The molecule has 0 aromatic heterocycles. The van der Waals surface area contributed by atoms with Crippen LogP contribution in [0.15, 0.2) is 23.1 Å². The van der Waals surface area contributed by atoms with Gasteiger partial charge in [-0.2, -0.15) is 4.31 Å². The van der Waals surface area contributed by atoms with Crippen LogP contribution < -0.4 is 0 Å². The van der Waals surface area contributed by atoms with Crippen LogP contribution in [-0.4, -0.2) is 29.7 Å². The Morgan fingerprint density at radius 1 is 1.29 bits per heavy atom. The Kier molecular flexibility index (Phi) is 4.55. The van der Waals surface area contributed by atoms with Crippen molar-refractivity contribution in [2.24, 2.45) is 0 Å². The Labute approximate surface area is 128 Å². The maximum absolute atomic E-state index is 12.8. The summed E-state index contributed by atoms with van der Waals surface area (Å²) in [5, 5.41) is 10.9. The summed E-state index contributed by atoms with van der Waals surface area (Å²) in [7, 11) is -3.85. The van der Waals surface area contributed by atoms with Crippen LogP contribution in [0.4, 0.5) is 5.69 Å². The van der Waals surface area contributed by atoms with Gasteiger partial charge < -0.3 is 0 Å². The molecule has 116 valence electrons. The molecule has 1 heterocycles. The van der Waals surface area contributed by atoms with Crippen molar-refractivity contribution in [3.8, 4) is 0 Å². The lowest BCUT2D eigenvalue weighted by Gasteiger charge is -2.37. The SMILES string of the molecule is CC1CCCC(C)N1S(=O)(=O)c1cc([N+](=O)[O-])ccc1Cl. The number of non-ortho nitro benzene ring substituents is 1. The highest BCUT2D eigenvalue weighted by atomic mass is 35.5. The second-order valence-electron chi connectivity index (χ2n) is 5.34. The topological polar surface area (TPSA) is 80.5 Å². The third kappa shape index (κ3) is 3.04. The summed E-state index contributed by atoms with van der Waals surface area (Å²) >= 11 is 5.97. The highest BCUT2D eigenvalue weighted by Crippen LogP contribution is 2.34. The van der Waals surface area contributed by atoms with Crippen LogP contribution in [0.1, 0.15) is 33.1 Å². The minimum atomic E-state index is -3.85. The zero-order chi connectivity index (χ0) is 15.8. The van der Waals surface area contributed by atoms with Gasteiger partial charge in [0, 0.05) is 24.2 Å². The summed E-state index contributed by atoms with van der Waals surface area (Å²) in [4.78, 5) is 10.0. The number of sulfonamides is 1. The molecule has 0 spiro atoms. The number of halogens is 1. The third-order valence-electron chi connectivity index (χ3n) is 3.79. The van der Waals surface area contributed by atoms with Crippen LogP contribution in [0.5, 0.6) is 0 Å². The van der Waals surface area contributed by atoms with Crippen LogP contribution in [0.2, 0.25) is 5.02 Å². The van der Waals surface area contributed by atoms with Crippen LogP contribution in [0.3, 0.4) is 0 Å². The number of rotatable bonds is 3. The number of piperidine rings is 1. The highest BCUT2D eigenvalue weighted by molar-refractivity contribution is 7.89. The van der Waals surface area contributed by atoms with Gasteiger partial charge >= 0.3 is 0 Å². The van der Waals surface area contributed by atoms with Crippen molar-refractivity contribution < 1.29 is 13.3 Å². The van der Waals surface area contributed by atoms with Crippen LogP contribution in [0, 0.1) is 10.1 Å². The first-order valence-corrected chi connectivity index (χ1v) is 8.54. The summed E-state index contributed by atoms with van der Waals surface area (Å²) in [5.41, 5.74) is -0.282. The summed E-state index contributed by atoms with van der Waals surface area (Å²) in [6, 6.07) is 3.20. The van der Waals surface area contributed by atoms with Crippen molar-refractivity contribution >= 4 is 27.3 Å². The first kappa shape index (κ1) is 16.2. The van der Waals surface area contributed by atoms with E-state index in [1.54, 1.807) is 0 Å². The summed E-state index contributed by atoms with van der Waals surface area (Å²) in [6.45, 7) is 3.69. The fourth-order valence-corrected chi connectivity index (χ4v) is 5.17. The van der Waals surface area contributed by atoms with Gasteiger partial charge in [-0.25, -0.2) is 8.42 Å². The Morgan fingerprint density at radius 3 is 2.38 bits per heavy atom. The van der Waals surface area contributed by atoms with E-state index in [1.807, 2.05) is 13.8 Å². The van der Waals surface area contributed by atoms with Crippen molar-refractivity contribution in [1.82, 2.24) is 4.31 Å². The van der Waals surface area contributed by atoms with Crippen LogP contribution in [0.25, 0.3) is 0 Å². The smallest absolute Gasteiger partial charge is 0.258 e. The van der Waals surface area contributed by atoms with E-state index in [-0.39, 0.29) is 27.7 Å². The fourth-order valence-electron chi connectivity index (χ4n) is 2.79. The second kappa shape index (κ2) is 5.90. The highest BCUT2D eigenvalue weighted by Gasteiger charge is 2.37. The molecule has 1 aliphatic heterocycles. The first-order chi connectivity index (χ1) is 9.75. The van der Waals surface area contributed by atoms with Crippen molar-refractivity contribution in [1.29, 1.82) is 0 Å². The lowest BCUT2D eigenvalue weighted by Crippen LogP contribution is -2.47. The van der Waals surface area contributed by atoms with E-state index < -0.39 is 14.9 Å². The molecule has 2 rings (SSSR count). The molecule has 1 aromatic rings. The molecular formula is C13H17ClN2O4S. The molecule has 1 aliphatic rings. The summed E-state index contributed by atoms with van der Waals surface area (Å²) < 4.78 is 27.1. The van der Waals surface area contributed by atoms with Crippen molar-refractivity contribution in [3.63, 3.8) is 0 Å². The molecule has 1 fully saturated rings. The van der Waals surface area contributed by atoms with Gasteiger partial charge in [-0.15, -0.1) is 0 Å². The molecule has 0 aliphatic carbocycles. The number of hydrogen-bond donors (Lipinski definition) is 0. The maximum Gasteiger partial charge on any atom is 0.270 e. The normalized spacial score (nSPS) is 24.0. The zero-order valence-corrected chi connectivity index (χ0v) is 13.4. The number of nitro groups is 1. The Morgan fingerprint density at radius 2 is 1.86 bits per heavy atom. The van der Waals surface area contributed by atoms with Crippen molar-refractivity contribution in [2.75, 3.05) is 0 Å². The molecule has 8 heteroatoms. The zero-order valence-electron chi connectivity index (χ0n) is 11.8. The molecule has 0 radical (unpaired) electrons. The van der Waals surface area contributed by atoms with Gasteiger partial charge in [0.15, 0.2) is 0 Å². The van der Waals surface area contributed by atoms with E-state index in [1.165, 1.54) is 16.4 Å². The molecule has 21 heavy (non-hydrogen) atoms. The molecule has 1 saturated heterocycles. The predicted molar refractivity (Wildman–Crippen MR) is 79.9 cm³/mol. The summed E-state index contributed by atoms with van der Waals surface area (Å²) in [5.74, 6) is 0. The number of benzene rings is 1. The van der Waals surface area contributed by atoms with Gasteiger partial charge in [-0.3, -0.25) is 10.1 Å². The minimum Gasteiger partial charge on any atom is -0.258 e. The van der Waals surface area contributed by atoms with E-state index in [2.05, 4.69) is 0 Å². The molecule has 2 atom stereocenters. The molecule has 0 amide bonds. The van der Waals surface area contributed by atoms with Gasteiger partial charge in [0.1, 0.15) is 4.90 Å². The van der Waals surface area contributed by atoms with Gasteiger partial charge in [0.25, 0.3) is 5.69 Å². The average Bonchev–Trinajstić information content (AvgIpc) is 2.38. The number of hydrogen-bond acceptors (Lipinski definition) is 4. The van der Waals surface area contributed by atoms with Gasteiger partial charge in [-0.05, 0) is 32.8 Å². The van der Waals surface area contributed by atoms with Gasteiger partial charge in [0.05, 0.1) is 9.95 Å². The first-order valence-electron chi connectivity index (χ1n) is 6.72. The van der Waals surface area contributed by atoms with Crippen LogP contribution in [-0.2, 0) is 10.0 Å². The van der Waals surface area contributed by atoms with Crippen molar-refractivity contribution in [3.05, 3.63) is 33.3 Å². The lowest BCUT2D eigenvalue weighted by molar-refractivity contribution is -0.385. The van der Waals surface area contributed by atoms with Crippen LogP contribution >= 0.6 is 11.6 Å². The van der Waals surface area contributed by atoms with Gasteiger partial charge in [0.2, 0.25) is 10.0 Å². The molecule has 6 nitrogen and oxygen atoms in total. The van der Waals surface area contributed by atoms with Crippen molar-refractivity contribution in [2.45, 2.75) is 50.1 Å². The standard InChI is InChI=1S/C13H17ClN2O4S/c1-9-4-3-5-10(2)15(9)21(19,20)13-8-11(16(17)18)6-7-12(13)14/h6-10H,3-5H2,1-2H3. The average molecular weight is 333 g/mol. The Balaban J connectivity index is 2.53. The van der Waals surface area contributed by atoms with E-state index in [0.29, 0.717) is 0 Å². The monoisotopic (exact) mass is 332 g/mol. The lowest BCUT2D eigenvalue weighted by atomic mass is 10.0. The summed E-state index contributed by atoms with van der Waals surface area (Å²) in [6.07, 6.45) is 2.52. The van der Waals surface area contributed by atoms with Gasteiger partial charge in [-0.1, -0.05) is 18.0 Å². The number of nitrogens with zero attached hydrogens (tertiary/aromatic N) is 2. The third-order valence-corrected chi connectivity index (χ3v) is 6.40. The fraction of sp³-hybridized carbons (Fsp3) is 0.538. The quantitative estimate of drug-likeness (QED) is 0.628. The molecule has 0 saturated carbocycles.